The van der Waals surface area contributed by atoms with Crippen molar-refractivity contribution in [3.63, 3.8) is 0 Å². The molecule has 0 atom stereocenters. The average Bonchev–Trinajstić information content (AvgIpc) is 3.16. The summed E-state index contributed by atoms with van der Waals surface area (Å²) >= 11 is 11.2. The van der Waals surface area contributed by atoms with Gasteiger partial charge in [-0.05, 0) is 35.9 Å². The first-order valence-electron chi connectivity index (χ1n) is 8.80. The zero-order chi connectivity index (χ0) is 20.4. The average molecular weight is 488 g/mol. The van der Waals surface area contributed by atoms with Crippen LogP contribution in [0.3, 0.4) is 0 Å². The number of nitrogens with zero attached hydrogens (tertiary/aromatic N) is 2. The third-order valence-electron chi connectivity index (χ3n) is 4.40. The summed E-state index contributed by atoms with van der Waals surface area (Å²) in [5.74, 6) is 0.525. The Balaban J connectivity index is 1.79. The summed E-state index contributed by atoms with van der Waals surface area (Å²) in [6.07, 6.45) is 0. The third kappa shape index (κ3) is 4.29. The lowest BCUT2D eigenvalue weighted by atomic mass is 10.1. The molecule has 0 bridgehead atoms. The van der Waals surface area contributed by atoms with Crippen LogP contribution >= 0.6 is 38.9 Å². The SMILES string of the molecule is COc1ccc2sc(N(Cc3ccccc3)C(=O)c3cc(Br)ccc3Cl)nc2c1. The minimum absolute atomic E-state index is 0.203. The van der Waals surface area contributed by atoms with Gasteiger partial charge in [0.2, 0.25) is 0 Å². The van der Waals surface area contributed by atoms with Crippen LogP contribution in [0.5, 0.6) is 5.75 Å². The molecule has 3 aromatic carbocycles. The number of aromatic nitrogens is 1. The van der Waals surface area contributed by atoms with E-state index in [2.05, 4.69) is 15.9 Å². The molecule has 4 nitrogen and oxygen atoms in total. The van der Waals surface area contributed by atoms with Gasteiger partial charge in [-0.15, -0.1) is 0 Å². The molecule has 0 N–H and O–H groups in total. The fraction of sp³-hybridized carbons (Fsp3) is 0.0909. The second kappa shape index (κ2) is 8.53. The van der Waals surface area contributed by atoms with E-state index in [-0.39, 0.29) is 5.91 Å². The van der Waals surface area contributed by atoms with Gasteiger partial charge >= 0.3 is 0 Å². The molecule has 1 amide bonds. The molecule has 146 valence electrons. The molecule has 0 fully saturated rings. The molecule has 0 aliphatic heterocycles. The zero-order valence-corrected chi connectivity index (χ0v) is 18.6. The number of carbonyl (C=O) groups excluding carboxylic acids is 1. The lowest BCUT2D eigenvalue weighted by Crippen LogP contribution is -2.30. The maximum atomic E-state index is 13.5. The Hall–Kier alpha value is -2.41. The monoisotopic (exact) mass is 486 g/mol. The lowest BCUT2D eigenvalue weighted by Gasteiger charge is -2.21. The molecule has 0 aliphatic rings. The van der Waals surface area contributed by atoms with Crippen molar-refractivity contribution in [3.05, 3.63) is 87.4 Å². The molecular weight excluding hydrogens is 472 g/mol. The van der Waals surface area contributed by atoms with Gasteiger partial charge in [0.25, 0.3) is 5.91 Å². The van der Waals surface area contributed by atoms with Crippen molar-refractivity contribution in [2.75, 3.05) is 12.0 Å². The van der Waals surface area contributed by atoms with E-state index in [1.165, 1.54) is 11.3 Å². The van der Waals surface area contributed by atoms with Gasteiger partial charge in [-0.3, -0.25) is 9.69 Å². The van der Waals surface area contributed by atoms with Crippen LogP contribution in [-0.2, 0) is 6.54 Å². The topological polar surface area (TPSA) is 42.4 Å². The molecule has 0 unspecified atom stereocenters. The summed E-state index contributed by atoms with van der Waals surface area (Å²) in [6.45, 7) is 0.388. The Bertz CT molecular complexity index is 1180. The molecule has 1 heterocycles. The number of hydrogen-bond acceptors (Lipinski definition) is 4. The molecule has 7 heteroatoms. The van der Waals surface area contributed by atoms with Crippen molar-refractivity contribution < 1.29 is 9.53 Å². The van der Waals surface area contributed by atoms with Crippen molar-refractivity contribution in [2.24, 2.45) is 0 Å². The molecule has 0 radical (unpaired) electrons. The summed E-state index contributed by atoms with van der Waals surface area (Å²) in [5.41, 5.74) is 2.22. The van der Waals surface area contributed by atoms with E-state index in [9.17, 15) is 4.79 Å². The number of carbonyl (C=O) groups is 1. The highest BCUT2D eigenvalue weighted by molar-refractivity contribution is 9.10. The number of ether oxygens (including phenoxy) is 1. The van der Waals surface area contributed by atoms with Gasteiger partial charge in [0.15, 0.2) is 5.13 Å². The maximum Gasteiger partial charge on any atom is 0.261 e. The number of halogens is 2. The number of thiazole rings is 1. The highest BCUT2D eigenvalue weighted by atomic mass is 79.9. The molecule has 4 rings (SSSR count). The second-order valence-corrected chi connectivity index (χ2v) is 8.66. The minimum atomic E-state index is -0.203. The largest absolute Gasteiger partial charge is 0.497 e. The number of fused-ring (bicyclic) bond motifs is 1. The van der Waals surface area contributed by atoms with Crippen molar-refractivity contribution >= 4 is 60.1 Å². The minimum Gasteiger partial charge on any atom is -0.497 e. The zero-order valence-electron chi connectivity index (χ0n) is 15.4. The summed E-state index contributed by atoms with van der Waals surface area (Å²) in [7, 11) is 1.62. The van der Waals surface area contributed by atoms with E-state index in [0.29, 0.717) is 22.3 Å². The summed E-state index contributed by atoms with van der Waals surface area (Å²) in [6, 6.07) is 20.8. The first-order valence-corrected chi connectivity index (χ1v) is 10.8. The summed E-state index contributed by atoms with van der Waals surface area (Å²) in [5, 5.41) is 1.01. The second-order valence-electron chi connectivity index (χ2n) is 6.33. The summed E-state index contributed by atoms with van der Waals surface area (Å²) < 4.78 is 7.06. The first-order chi connectivity index (χ1) is 14.0. The fourth-order valence-corrected chi connectivity index (χ4v) is 4.44. The standard InChI is InChI=1S/C22H16BrClN2O2S/c1-28-16-8-10-20-19(12-16)25-22(29-20)26(13-14-5-3-2-4-6-14)21(27)17-11-15(23)7-9-18(17)24/h2-12H,13H2,1H3. The number of anilines is 1. The lowest BCUT2D eigenvalue weighted by molar-refractivity contribution is 0.0985. The van der Waals surface area contributed by atoms with Gasteiger partial charge in [0.1, 0.15) is 5.75 Å². The number of methoxy groups -OCH3 is 1. The molecule has 0 aliphatic carbocycles. The molecular formula is C22H16BrClN2O2S. The Morgan fingerprint density at radius 3 is 2.69 bits per heavy atom. The Morgan fingerprint density at radius 1 is 1.14 bits per heavy atom. The normalized spacial score (nSPS) is 10.9. The number of amides is 1. The fourth-order valence-electron chi connectivity index (χ4n) is 2.94. The van der Waals surface area contributed by atoms with E-state index in [1.807, 2.05) is 54.6 Å². The van der Waals surface area contributed by atoms with Gasteiger partial charge < -0.3 is 4.74 Å². The van der Waals surface area contributed by atoms with E-state index in [1.54, 1.807) is 24.1 Å². The smallest absolute Gasteiger partial charge is 0.261 e. The maximum absolute atomic E-state index is 13.5. The van der Waals surface area contributed by atoms with Gasteiger partial charge in [-0.25, -0.2) is 4.98 Å². The first kappa shape index (κ1) is 19.9. The molecule has 4 aromatic rings. The van der Waals surface area contributed by atoms with Crippen LogP contribution in [0.4, 0.5) is 5.13 Å². The van der Waals surface area contributed by atoms with E-state index >= 15 is 0 Å². The van der Waals surface area contributed by atoms with Crippen molar-refractivity contribution in [1.29, 1.82) is 0 Å². The van der Waals surface area contributed by atoms with Crippen LogP contribution in [0.2, 0.25) is 5.02 Å². The Morgan fingerprint density at radius 2 is 1.93 bits per heavy atom. The van der Waals surface area contributed by atoms with Crippen LogP contribution < -0.4 is 9.64 Å². The van der Waals surface area contributed by atoms with Gasteiger partial charge in [0, 0.05) is 10.5 Å². The van der Waals surface area contributed by atoms with Crippen LogP contribution in [0, 0.1) is 0 Å². The van der Waals surface area contributed by atoms with Crippen molar-refractivity contribution in [1.82, 2.24) is 4.98 Å². The van der Waals surface area contributed by atoms with Crippen LogP contribution in [0.15, 0.2) is 71.2 Å². The predicted octanol–water partition coefficient (Wildman–Crippen LogP) is 6.57. The highest BCUT2D eigenvalue weighted by Gasteiger charge is 2.24. The molecule has 29 heavy (non-hydrogen) atoms. The predicted molar refractivity (Wildman–Crippen MR) is 122 cm³/mol. The Kier molecular flexibility index (Phi) is 5.85. The van der Waals surface area contributed by atoms with Gasteiger partial charge in [-0.1, -0.05) is 69.2 Å². The van der Waals surface area contributed by atoms with Gasteiger partial charge in [-0.2, -0.15) is 0 Å². The molecule has 1 aromatic heterocycles. The summed E-state index contributed by atoms with van der Waals surface area (Å²) in [4.78, 5) is 19.9. The van der Waals surface area contributed by atoms with E-state index < -0.39 is 0 Å². The van der Waals surface area contributed by atoms with Crippen molar-refractivity contribution in [2.45, 2.75) is 6.54 Å². The number of rotatable bonds is 5. The Labute approximate surface area is 185 Å². The molecule has 0 spiro atoms. The van der Waals surface area contributed by atoms with E-state index in [4.69, 9.17) is 21.3 Å². The van der Waals surface area contributed by atoms with Crippen LogP contribution in [0.1, 0.15) is 15.9 Å². The van der Waals surface area contributed by atoms with Crippen LogP contribution in [-0.4, -0.2) is 18.0 Å². The number of benzene rings is 3. The number of hydrogen-bond donors (Lipinski definition) is 0. The van der Waals surface area contributed by atoms with Gasteiger partial charge in [0.05, 0.1) is 34.5 Å². The van der Waals surface area contributed by atoms with E-state index in [0.717, 1.165) is 26.0 Å². The van der Waals surface area contributed by atoms with Crippen LogP contribution in [0.25, 0.3) is 10.2 Å². The molecule has 0 saturated heterocycles. The molecule has 0 saturated carbocycles. The highest BCUT2D eigenvalue weighted by Crippen LogP contribution is 2.34. The third-order valence-corrected chi connectivity index (χ3v) is 6.28. The van der Waals surface area contributed by atoms with Crippen molar-refractivity contribution in [3.8, 4) is 5.75 Å². The quantitative estimate of drug-likeness (QED) is 0.320.